The third-order valence-electron chi connectivity index (χ3n) is 3.43. The van der Waals surface area contributed by atoms with Crippen LogP contribution >= 0.6 is 11.8 Å². The molecule has 0 saturated carbocycles. The van der Waals surface area contributed by atoms with Crippen molar-refractivity contribution in [3.63, 3.8) is 0 Å². The van der Waals surface area contributed by atoms with E-state index in [0.717, 1.165) is 18.7 Å². The van der Waals surface area contributed by atoms with Crippen molar-refractivity contribution >= 4 is 17.7 Å². The fraction of sp³-hybridized carbons (Fsp3) is 0.533. The molecular formula is C15H22N2OS. The van der Waals surface area contributed by atoms with Gasteiger partial charge in [0.25, 0.3) is 0 Å². The zero-order valence-electron chi connectivity index (χ0n) is 11.8. The summed E-state index contributed by atoms with van der Waals surface area (Å²) in [5.41, 5.74) is 8.19. The van der Waals surface area contributed by atoms with Gasteiger partial charge in [-0.25, -0.2) is 0 Å². The molecule has 19 heavy (non-hydrogen) atoms. The number of nitrogens with zero attached hydrogens (tertiary/aromatic N) is 1. The molecule has 0 bridgehead atoms. The zero-order valence-corrected chi connectivity index (χ0v) is 12.6. The number of amides is 1. The maximum Gasteiger partial charge on any atom is 0.244 e. The Morgan fingerprint density at radius 1 is 1.26 bits per heavy atom. The highest BCUT2D eigenvalue weighted by Gasteiger charge is 2.29. The minimum atomic E-state index is -0.539. The normalized spacial score (nSPS) is 25.2. The predicted octanol–water partition coefficient (Wildman–Crippen LogP) is 2.35. The predicted molar refractivity (Wildman–Crippen MR) is 81.2 cm³/mol. The molecule has 0 aliphatic carbocycles. The fourth-order valence-corrected chi connectivity index (χ4v) is 3.80. The van der Waals surface area contributed by atoms with Crippen molar-refractivity contribution in [2.75, 3.05) is 13.1 Å². The van der Waals surface area contributed by atoms with Crippen LogP contribution in [0.3, 0.4) is 0 Å². The van der Waals surface area contributed by atoms with Gasteiger partial charge in [0.05, 0.1) is 0 Å². The molecular weight excluding hydrogens is 256 g/mol. The van der Waals surface area contributed by atoms with Crippen molar-refractivity contribution in [1.29, 1.82) is 0 Å². The van der Waals surface area contributed by atoms with Gasteiger partial charge in [0, 0.05) is 23.6 Å². The number of aryl methyl sites for hydroxylation is 1. The first-order valence-electron chi connectivity index (χ1n) is 6.73. The van der Waals surface area contributed by atoms with E-state index in [1.165, 1.54) is 5.56 Å². The topological polar surface area (TPSA) is 46.3 Å². The first kappa shape index (κ1) is 14.4. The number of carbonyl (C=O) groups is 1. The van der Waals surface area contributed by atoms with Crippen molar-refractivity contribution < 1.29 is 4.79 Å². The molecule has 3 nitrogen and oxygen atoms in total. The van der Waals surface area contributed by atoms with Crippen LogP contribution in [0.15, 0.2) is 24.3 Å². The van der Waals surface area contributed by atoms with E-state index in [9.17, 15) is 4.79 Å². The standard InChI is InChI=1S/C15H22N2OS/c1-10-4-6-13(7-5-10)14(16)15(18)17-8-11(2)19-12(3)9-17/h4-7,11-12,14H,8-9,16H2,1-3H3. The van der Waals surface area contributed by atoms with Crippen LogP contribution in [-0.4, -0.2) is 34.4 Å². The van der Waals surface area contributed by atoms with Gasteiger partial charge < -0.3 is 10.6 Å². The van der Waals surface area contributed by atoms with Crippen molar-refractivity contribution in [2.24, 2.45) is 5.73 Å². The van der Waals surface area contributed by atoms with E-state index in [4.69, 9.17) is 5.73 Å². The quantitative estimate of drug-likeness (QED) is 0.903. The van der Waals surface area contributed by atoms with Crippen LogP contribution in [0.25, 0.3) is 0 Å². The van der Waals surface area contributed by atoms with E-state index in [1.54, 1.807) is 0 Å². The largest absolute Gasteiger partial charge is 0.339 e. The minimum Gasteiger partial charge on any atom is -0.339 e. The molecule has 1 aliphatic rings. The van der Waals surface area contributed by atoms with Gasteiger partial charge in [-0.05, 0) is 12.5 Å². The van der Waals surface area contributed by atoms with E-state index in [1.807, 2.05) is 47.9 Å². The van der Waals surface area contributed by atoms with E-state index < -0.39 is 6.04 Å². The number of carbonyl (C=O) groups excluding carboxylic acids is 1. The van der Waals surface area contributed by atoms with Gasteiger partial charge in [-0.1, -0.05) is 43.7 Å². The summed E-state index contributed by atoms with van der Waals surface area (Å²) in [6.45, 7) is 7.96. The Morgan fingerprint density at radius 3 is 2.32 bits per heavy atom. The van der Waals surface area contributed by atoms with Gasteiger partial charge >= 0.3 is 0 Å². The smallest absolute Gasteiger partial charge is 0.244 e. The molecule has 1 aliphatic heterocycles. The summed E-state index contributed by atoms with van der Waals surface area (Å²) in [6, 6.07) is 7.36. The monoisotopic (exact) mass is 278 g/mol. The Balaban J connectivity index is 2.08. The third kappa shape index (κ3) is 3.51. The number of thioether (sulfide) groups is 1. The summed E-state index contributed by atoms with van der Waals surface area (Å²) in [6.07, 6.45) is 0. The zero-order chi connectivity index (χ0) is 14.0. The Bertz CT molecular complexity index is 436. The summed E-state index contributed by atoms with van der Waals surface area (Å²) in [7, 11) is 0. The number of hydrogen-bond acceptors (Lipinski definition) is 3. The molecule has 104 valence electrons. The minimum absolute atomic E-state index is 0.0443. The Morgan fingerprint density at radius 2 is 1.79 bits per heavy atom. The molecule has 0 aromatic heterocycles. The molecule has 2 rings (SSSR count). The number of benzene rings is 1. The lowest BCUT2D eigenvalue weighted by Crippen LogP contribution is -2.47. The second kappa shape index (κ2) is 5.97. The highest BCUT2D eigenvalue weighted by Crippen LogP contribution is 2.26. The van der Waals surface area contributed by atoms with Crippen molar-refractivity contribution in [3.05, 3.63) is 35.4 Å². The number of nitrogens with two attached hydrogens (primary N) is 1. The lowest BCUT2D eigenvalue weighted by molar-refractivity contribution is -0.132. The Kier molecular flexibility index (Phi) is 4.53. The van der Waals surface area contributed by atoms with Gasteiger partial charge in [0.1, 0.15) is 6.04 Å². The van der Waals surface area contributed by atoms with Gasteiger partial charge in [0.2, 0.25) is 5.91 Å². The molecule has 3 unspecified atom stereocenters. The third-order valence-corrected chi connectivity index (χ3v) is 4.66. The molecule has 0 spiro atoms. The Labute approximate surface area is 119 Å². The lowest BCUT2D eigenvalue weighted by Gasteiger charge is -2.36. The highest BCUT2D eigenvalue weighted by molar-refractivity contribution is 8.00. The molecule has 1 aromatic carbocycles. The van der Waals surface area contributed by atoms with Crippen LogP contribution in [-0.2, 0) is 4.79 Å². The van der Waals surface area contributed by atoms with Crippen molar-refractivity contribution in [3.8, 4) is 0 Å². The molecule has 3 atom stereocenters. The molecule has 4 heteroatoms. The summed E-state index contributed by atoms with van der Waals surface area (Å²) < 4.78 is 0. The van der Waals surface area contributed by atoms with E-state index in [2.05, 4.69) is 13.8 Å². The average Bonchev–Trinajstić information content (AvgIpc) is 2.37. The molecule has 2 N–H and O–H groups in total. The molecule has 1 heterocycles. The first-order valence-corrected chi connectivity index (χ1v) is 7.68. The molecule has 1 fully saturated rings. The van der Waals surface area contributed by atoms with Crippen LogP contribution in [0.5, 0.6) is 0 Å². The van der Waals surface area contributed by atoms with Crippen LogP contribution in [0, 0.1) is 6.92 Å². The van der Waals surface area contributed by atoms with Gasteiger partial charge in [-0.2, -0.15) is 11.8 Å². The molecule has 1 aromatic rings. The maximum atomic E-state index is 12.5. The van der Waals surface area contributed by atoms with E-state index in [0.29, 0.717) is 10.5 Å². The number of rotatable bonds is 2. The van der Waals surface area contributed by atoms with Gasteiger partial charge in [0.15, 0.2) is 0 Å². The summed E-state index contributed by atoms with van der Waals surface area (Å²) >= 11 is 1.94. The molecule has 0 radical (unpaired) electrons. The van der Waals surface area contributed by atoms with E-state index in [-0.39, 0.29) is 5.91 Å². The molecule has 1 amide bonds. The van der Waals surface area contributed by atoms with Crippen molar-refractivity contribution in [2.45, 2.75) is 37.3 Å². The SMILES string of the molecule is Cc1ccc(C(N)C(=O)N2CC(C)SC(C)C2)cc1. The van der Waals surface area contributed by atoms with Crippen LogP contribution < -0.4 is 5.73 Å². The first-order chi connectivity index (χ1) is 8.97. The van der Waals surface area contributed by atoms with Gasteiger partial charge in [-0.3, -0.25) is 4.79 Å². The van der Waals surface area contributed by atoms with Crippen LogP contribution in [0.2, 0.25) is 0 Å². The summed E-state index contributed by atoms with van der Waals surface area (Å²) in [5, 5.41) is 0.968. The van der Waals surface area contributed by atoms with E-state index >= 15 is 0 Å². The average molecular weight is 278 g/mol. The maximum absolute atomic E-state index is 12.5. The van der Waals surface area contributed by atoms with Crippen LogP contribution in [0.1, 0.15) is 31.0 Å². The Hall–Kier alpha value is -1.00. The summed E-state index contributed by atoms with van der Waals surface area (Å²) in [4.78, 5) is 14.4. The number of hydrogen-bond donors (Lipinski definition) is 1. The lowest BCUT2D eigenvalue weighted by atomic mass is 10.0. The van der Waals surface area contributed by atoms with Gasteiger partial charge in [-0.15, -0.1) is 0 Å². The van der Waals surface area contributed by atoms with Crippen molar-refractivity contribution in [1.82, 2.24) is 4.90 Å². The second-order valence-corrected chi connectivity index (χ2v) is 7.27. The van der Waals surface area contributed by atoms with Crippen LogP contribution in [0.4, 0.5) is 0 Å². The second-order valence-electron chi connectivity index (χ2n) is 5.39. The highest BCUT2D eigenvalue weighted by atomic mass is 32.2. The molecule has 1 saturated heterocycles. The fourth-order valence-electron chi connectivity index (χ4n) is 2.47. The summed E-state index contributed by atoms with van der Waals surface area (Å²) in [5.74, 6) is 0.0443.